The molecule has 0 aromatic rings. The van der Waals surface area contributed by atoms with E-state index in [1.165, 1.54) is 19.3 Å². The van der Waals surface area contributed by atoms with Crippen molar-refractivity contribution in [3.05, 3.63) is 0 Å². The van der Waals surface area contributed by atoms with E-state index in [2.05, 4.69) is 11.9 Å². The first-order valence-corrected chi connectivity index (χ1v) is 7.30. The van der Waals surface area contributed by atoms with Crippen LogP contribution in [0.3, 0.4) is 0 Å². The van der Waals surface area contributed by atoms with E-state index in [4.69, 9.17) is 5.73 Å². The van der Waals surface area contributed by atoms with Crippen molar-refractivity contribution in [2.75, 3.05) is 20.1 Å². The Bertz CT molecular complexity index is 271. The van der Waals surface area contributed by atoms with Crippen LogP contribution in [0.15, 0.2) is 0 Å². The average molecular weight is 260 g/mol. The third kappa shape index (κ3) is 3.41. The second kappa shape index (κ2) is 5.83. The predicted molar refractivity (Wildman–Crippen MR) is 69.7 cm³/mol. The van der Waals surface area contributed by atoms with Crippen molar-refractivity contribution in [3.8, 4) is 0 Å². The van der Waals surface area contributed by atoms with E-state index in [-0.39, 0.29) is 18.8 Å². The molecule has 4 heteroatoms. The van der Waals surface area contributed by atoms with Crippen LogP contribution in [0.4, 0.5) is 8.78 Å². The smallest absolute Gasteiger partial charge is 0.248 e. The fraction of sp³-hybridized carbons (Fsp3) is 1.00. The van der Waals surface area contributed by atoms with Gasteiger partial charge in [-0.2, -0.15) is 0 Å². The van der Waals surface area contributed by atoms with Crippen molar-refractivity contribution in [1.82, 2.24) is 4.90 Å². The topological polar surface area (TPSA) is 29.3 Å². The first-order chi connectivity index (χ1) is 8.52. The van der Waals surface area contributed by atoms with E-state index in [1.54, 1.807) is 0 Å². The minimum atomic E-state index is -2.42. The van der Waals surface area contributed by atoms with Crippen LogP contribution in [0.1, 0.15) is 44.9 Å². The molecular weight excluding hydrogens is 234 g/mol. The molecule has 0 saturated heterocycles. The van der Waals surface area contributed by atoms with Gasteiger partial charge in [0.15, 0.2) is 0 Å². The number of hydrogen-bond donors (Lipinski definition) is 1. The summed E-state index contributed by atoms with van der Waals surface area (Å²) in [6, 6.07) is 0.519. The normalized spacial score (nSPS) is 36.2. The van der Waals surface area contributed by atoms with Crippen molar-refractivity contribution >= 4 is 0 Å². The second-order valence-electron chi connectivity index (χ2n) is 6.25. The molecule has 0 aliphatic heterocycles. The molecule has 0 aromatic carbocycles. The largest absolute Gasteiger partial charge is 0.330 e. The van der Waals surface area contributed by atoms with Crippen LogP contribution in [0.5, 0.6) is 0 Å². The Hall–Kier alpha value is -0.220. The quantitative estimate of drug-likeness (QED) is 0.842. The maximum atomic E-state index is 13.4. The van der Waals surface area contributed by atoms with Crippen molar-refractivity contribution in [3.63, 3.8) is 0 Å². The lowest BCUT2D eigenvalue weighted by Gasteiger charge is -2.35. The molecule has 0 bridgehead atoms. The maximum absolute atomic E-state index is 13.4. The summed E-state index contributed by atoms with van der Waals surface area (Å²) in [4.78, 5) is 2.30. The lowest BCUT2D eigenvalue weighted by molar-refractivity contribution is -0.0579. The number of halogens is 2. The molecule has 2 nitrogen and oxygen atoms in total. The first kappa shape index (κ1) is 14.2. The summed E-state index contributed by atoms with van der Waals surface area (Å²) >= 11 is 0. The molecule has 3 atom stereocenters. The van der Waals surface area contributed by atoms with Gasteiger partial charge in [-0.15, -0.1) is 0 Å². The molecule has 18 heavy (non-hydrogen) atoms. The van der Waals surface area contributed by atoms with Crippen LogP contribution < -0.4 is 5.73 Å². The molecule has 0 spiro atoms. The van der Waals surface area contributed by atoms with Crippen LogP contribution in [-0.4, -0.2) is 37.0 Å². The lowest BCUT2D eigenvalue weighted by atomic mass is 9.85. The van der Waals surface area contributed by atoms with Gasteiger partial charge in [-0.25, -0.2) is 8.78 Å². The van der Waals surface area contributed by atoms with Gasteiger partial charge >= 0.3 is 0 Å². The summed E-state index contributed by atoms with van der Waals surface area (Å²) in [5.74, 6) is -1.69. The number of nitrogens with two attached hydrogens (primary N) is 1. The van der Waals surface area contributed by atoms with Crippen molar-refractivity contribution in [2.45, 2.75) is 56.9 Å². The Morgan fingerprint density at radius 2 is 2.00 bits per heavy atom. The van der Waals surface area contributed by atoms with Crippen molar-refractivity contribution in [2.24, 2.45) is 17.6 Å². The van der Waals surface area contributed by atoms with Gasteiger partial charge in [0.25, 0.3) is 0 Å². The van der Waals surface area contributed by atoms with Gasteiger partial charge in [0.2, 0.25) is 5.92 Å². The predicted octanol–water partition coefficient (Wildman–Crippen LogP) is 2.87. The van der Waals surface area contributed by atoms with Gasteiger partial charge in [0.1, 0.15) is 0 Å². The lowest BCUT2D eigenvalue weighted by Crippen LogP contribution is -2.42. The van der Waals surface area contributed by atoms with Gasteiger partial charge < -0.3 is 10.6 Å². The minimum Gasteiger partial charge on any atom is -0.330 e. The molecule has 2 aliphatic rings. The van der Waals surface area contributed by atoms with E-state index >= 15 is 0 Å². The molecule has 2 N–H and O–H groups in total. The minimum absolute atomic E-state index is 0.0807. The molecule has 2 fully saturated rings. The Balaban J connectivity index is 1.85. The summed E-state index contributed by atoms with van der Waals surface area (Å²) < 4.78 is 26.8. The number of alkyl halides is 2. The second-order valence-corrected chi connectivity index (χ2v) is 6.25. The summed E-state index contributed by atoms with van der Waals surface area (Å²) in [6.07, 6.45) is 5.42. The molecule has 2 saturated carbocycles. The molecular formula is C14H26F2N2. The van der Waals surface area contributed by atoms with Crippen LogP contribution in [0, 0.1) is 11.8 Å². The Morgan fingerprint density at radius 1 is 1.22 bits per heavy atom. The fourth-order valence-electron chi connectivity index (χ4n) is 3.85. The number of hydrogen-bond acceptors (Lipinski definition) is 2. The number of nitrogens with zero attached hydrogens (tertiary/aromatic N) is 1. The van der Waals surface area contributed by atoms with E-state index < -0.39 is 5.92 Å². The zero-order valence-corrected chi connectivity index (χ0v) is 11.4. The van der Waals surface area contributed by atoms with Crippen LogP contribution >= 0.6 is 0 Å². The summed E-state index contributed by atoms with van der Waals surface area (Å²) in [5, 5.41) is 0. The third-order valence-electron chi connectivity index (χ3n) is 4.78. The number of rotatable bonds is 4. The zero-order chi connectivity index (χ0) is 13.2. The van der Waals surface area contributed by atoms with Crippen molar-refractivity contribution < 1.29 is 8.78 Å². The van der Waals surface area contributed by atoms with Gasteiger partial charge in [-0.3, -0.25) is 0 Å². The molecule has 106 valence electrons. The molecule has 0 heterocycles. The summed E-state index contributed by atoms with van der Waals surface area (Å²) in [6.45, 7) is 1.55. The molecule has 2 rings (SSSR count). The third-order valence-corrected chi connectivity index (χ3v) is 4.78. The standard InChI is InChI=1S/C14H26F2N2/c1-18(13-6-2-5-12(13)9-17)10-11-4-3-7-14(15,16)8-11/h11-13H,2-10,17H2,1H3. The molecule has 0 amide bonds. The SMILES string of the molecule is CN(CC1CCCC(F)(F)C1)C1CCCC1CN. The van der Waals surface area contributed by atoms with E-state index in [1.807, 2.05) is 0 Å². The average Bonchev–Trinajstić information content (AvgIpc) is 2.75. The van der Waals surface area contributed by atoms with Gasteiger partial charge in [0, 0.05) is 25.4 Å². The monoisotopic (exact) mass is 260 g/mol. The van der Waals surface area contributed by atoms with Gasteiger partial charge in [-0.05, 0) is 51.1 Å². The Labute approximate surface area is 109 Å². The van der Waals surface area contributed by atoms with Crippen LogP contribution in [-0.2, 0) is 0 Å². The molecule has 2 aliphatic carbocycles. The highest BCUT2D eigenvalue weighted by Gasteiger charge is 2.38. The highest BCUT2D eigenvalue weighted by Crippen LogP contribution is 2.38. The van der Waals surface area contributed by atoms with Gasteiger partial charge in [0.05, 0.1) is 0 Å². The molecule has 0 radical (unpaired) electrons. The highest BCUT2D eigenvalue weighted by atomic mass is 19.3. The summed E-state index contributed by atoms with van der Waals surface area (Å²) in [7, 11) is 2.09. The maximum Gasteiger partial charge on any atom is 0.248 e. The first-order valence-electron chi connectivity index (χ1n) is 7.30. The van der Waals surface area contributed by atoms with Gasteiger partial charge in [-0.1, -0.05) is 6.42 Å². The Morgan fingerprint density at radius 3 is 2.67 bits per heavy atom. The summed E-state index contributed by atoms with van der Waals surface area (Å²) in [5.41, 5.74) is 5.79. The fourth-order valence-corrected chi connectivity index (χ4v) is 3.85. The van der Waals surface area contributed by atoms with Crippen molar-refractivity contribution in [1.29, 1.82) is 0 Å². The van der Waals surface area contributed by atoms with E-state index in [0.717, 1.165) is 19.5 Å². The van der Waals surface area contributed by atoms with E-state index in [0.29, 0.717) is 18.4 Å². The molecule has 3 unspecified atom stereocenters. The zero-order valence-electron chi connectivity index (χ0n) is 11.4. The Kier molecular flexibility index (Phi) is 4.59. The van der Waals surface area contributed by atoms with E-state index in [9.17, 15) is 8.78 Å². The van der Waals surface area contributed by atoms with Crippen LogP contribution in [0.2, 0.25) is 0 Å². The van der Waals surface area contributed by atoms with Crippen LogP contribution in [0.25, 0.3) is 0 Å². The highest BCUT2D eigenvalue weighted by molar-refractivity contribution is 4.87. The molecule has 0 aromatic heterocycles.